The van der Waals surface area contributed by atoms with Gasteiger partial charge >= 0.3 is 0 Å². The molecule has 0 fully saturated rings. The number of sulfonamides is 1. The number of nitrogens with one attached hydrogen (secondary N) is 2. The molecule has 1 amide bonds. The second-order valence-corrected chi connectivity index (χ2v) is 7.59. The lowest BCUT2D eigenvalue weighted by Crippen LogP contribution is -2.14. The maximum atomic E-state index is 12.2. The molecule has 0 bridgehead atoms. The Kier molecular flexibility index (Phi) is 6.30. The zero-order valence-corrected chi connectivity index (χ0v) is 15.3. The van der Waals surface area contributed by atoms with Crippen molar-refractivity contribution >= 4 is 39.2 Å². The van der Waals surface area contributed by atoms with E-state index >= 15 is 0 Å². The number of allylic oxidation sites excluding steroid dienone is 1. The van der Waals surface area contributed by atoms with Crippen LogP contribution in [-0.2, 0) is 14.8 Å². The molecule has 2 rings (SSSR count). The molecule has 0 aliphatic carbocycles. The molecular weight excluding hydrogens is 352 g/mol. The van der Waals surface area contributed by atoms with Crippen molar-refractivity contribution < 1.29 is 18.0 Å². The van der Waals surface area contributed by atoms with Crippen molar-refractivity contribution in [2.45, 2.75) is 13.8 Å². The first kappa shape index (κ1) is 19.4. The zero-order valence-electron chi connectivity index (χ0n) is 14.5. The van der Waals surface area contributed by atoms with Gasteiger partial charge in [0.2, 0.25) is 15.9 Å². The molecule has 0 aliphatic rings. The average molecular weight is 372 g/mol. The fourth-order valence-electron chi connectivity index (χ4n) is 2.10. The van der Waals surface area contributed by atoms with Gasteiger partial charge in [0.25, 0.3) is 0 Å². The van der Waals surface area contributed by atoms with Gasteiger partial charge in [0.1, 0.15) is 0 Å². The molecule has 0 spiro atoms. The van der Waals surface area contributed by atoms with Crippen molar-refractivity contribution in [1.29, 1.82) is 0 Å². The maximum Gasteiger partial charge on any atom is 0.232 e. The second kappa shape index (κ2) is 8.44. The number of hydrogen-bond donors (Lipinski definition) is 2. The molecule has 0 aliphatic heterocycles. The SMILES string of the molecule is CCS(=O)(=O)Nc1ccc(C(=O)C=Cc2ccc(NC(C)=O)cc2)cc1. The molecular formula is C19H20N2O4S. The van der Waals surface area contributed by atoms with Gasteiger partial charge in [0, 0.05) is 23.9 Å². The molecule has 0 saturated carbocycles. The number of carbonyl (C=O) groups is 2. The largest absolute Gasteiger partial charge is 0.326 e. The van der Waals surface area contributed by atoms with Crippen LogP contribution in [0.15, 0.2) is 54.6 Å². The number of hydrogen-bond acceptors (Lipinski definition) is 4. The van der Waals surface area contributed by atoms with Gasteiger partial charge in [0.15, 0.2) is 5.78 Å². The fourth-order valence-corrected chi connectivity index (χ4v) is 2.74. The van der Waals surface area contributed by atoms with Crippen molar-refractivity contribution in [1.82, 2.24) is 0 Å². The number of amides is 1. The first-order chi connectivity index (χ1) is 12.3. The van der Waals surface area contributed by atoms with Crippen molar-refractivity contribution in [2.24, 2.45) is 0 Å². The van der Waals surface area contributed by atoms with Gasteiger partial charge < -0.3 is 5.32 Å². The van der Waals surface area contributed by atoms with E-state index in [1.165, 1.54) is 13.0 Å². The summed E-state index contributed by atoms with van der Waals surface area (Å²) in [7, 11) is -3.34. The molecule has 0 saturated heterocycles. The van der Waals surface area contributed by atoms with Crippen LogP contribution in [0, 0.1) is 0 Å². The number of carbonyl (C=O) groups excluding carboxylic acids is 2. The summed E-state index contributed by atoms with van der Waals surface area (Å²) >= 11 is 0. The lowest BCUT2D eigenvalue weighted by molar-refractivity contribution is -0.114. The van der Waals surface area contributed by atoms with E-state index < -0.39 is 10.0 Å². The first-order valence-electron chi connectivity index (χ1n) is 7.99. The van der Waals surface area contributed by atoms with Crippen LogP contribution in [-0.4, -0.2) is 25.9 Å². The predicted octanol–water partition coefficient (Wildman–Crippen LogP) is 3.30. The molecule has 2 aromatic rings. The first-order valence-corrected chi connectivity index (χ1v) is 9.65. The minimum atomic E-state index is -3.34. The quantitative estimate of drug-likeness (QED) is 0.576. The van der Waals surface area contributed by atoms with Gasteiger partial charge in [-0.1, -0.05) is 18.2 Å². The minimum Gasteiger partial charge on any atom is -0.326 e. The zero-order chi connectivity index (χ0) is 19.2. The highest BCUT2D eigenvalue weighted by Crippen LogP contribution is 2.14. The molecule has 26 heavy (non-hydrogen) atoms. The van der Waals surface area contributed by atoms with E-state index in [0.29, 0.717) is 16.9 Å². The van der Waals surface area contributed by atoms with Gasteiger partial charge in [-0.3, -0.25) is 14.3 Å². The topological polar surface area (TPSA) is 92.3 Å². The standard InChI is InChI=1S/C19H20N2O4S/c1-3-26(24,25)21-18-11-7-16(8-12-18)19(23)13-6-15-4-9-17(10-5-15)20-14(2)22/h4-13,21H,3H2,1-2H3,(H,20,22). The highest BCUT2D eigenvalue weighted by atomic mass is 32.2. The van der Waals surface area contributed by atoms with E-state index in [2.05, 4.69) is 10.0 Å². The van der Waals surface area contributed by atoms with E-state index in [1.807, 2.05) is 0 Å². The Morgan fingerprint density at radius 2 is 1.54 bits per heavy atom. The van der Waals surface area contributed by atoms with Crippen LogP contribution >= 0.6 is 0 Å². The smallest absolute Gasteiger partial charge is 0.232 e. The highest BCUT2D eigenvalue weighted by Gasteiger charge is 2.07. The van der Waals surface area contributed by atoms with Crippen LogP contribution in [0.25, 0.3) is 6.08 Å². The Labute approximate surface area is 153 Å². The molecule has 0 atom stereocenters. The van der Waals surface area contributed by atoms with Crippen LogP contribution < -0.4 is 10.0 Å². The molecule has 136 valence electrons. The van der Waals surface area contributed by atoms with Crippen molar-refractivity contribution in [3.05, 3.63) is 65.7 Å². The molecule has 0 aromatic heterocycles. The average Bonchev–Trinajstić information content (AvgIpc) is 2.61. The van der Waals surface area contributed by atoms with E-state index in [4.69, 9.17) is 0 Å². The summed E-state index contributed by atoms with van der Waals surface area (Å²) in [6.07, 6.45) is 3.12. The van der Waals surface area contributed by atoms with Gasteiger partial charge in [-0.05, 0) is 55.0 Å². The number of ketones is 1. The maximum absolute atomic E-state index is 12.2. The molecule has 0 radical (unpaired) electrons. The van der Waals surface area contributed by atoms with Crippen LogP contribution in [0.3, 0.4) is 0 Å². The predicted molar refractivity (Wildman–Crippen MR) is 104 cm³/mol. The van der Waals surface area contributed by atoms with E-state index in [9.17, 15) is 18.0 Å². The number of rotatable bonds is 7. The lowest BCUT2D eigenvalue weighted by atomic mass is 10.1. The summed E-state index contributed by atoms with van der Waals surface area (Å²) in [4.78, 5) is 23.2. The molecule has 0 heterocycles. The van der Waals surface area contributed by atoms with Crippen molar-refractivity contribution in [2.75, 3.05) is 15.8 Å². The van der Waals surface area contributed by atoms with E-state index in [0.717, 1.165) is 5.56 Å². The van der Waals surface area contributed by atoms with Gasteiger partial charge in [-0.2, -0.15) is 0 Å². The van der Waals surface area contributed by atoms with Crippen LogP contribution in [0.5, 0.6) is 0 Å². The minimum absolute atomic E-state index is 0.0167. The monoisotopic (exact) mass is 372 g/mol. The summed E-state index contributed by atoms with van der Waals surface area (Å²) in [5, 5.41) is 2.67. The van der Waals surface area contributed by atoms with Crippen molar-refractivity contribution in [3.8, 4) is 0 Å². The van der Waals surface area contributed by atoms with Gasteiger partial charge in [0.05, 0.1) is 5.75 Å². The van der Waals surface area contributed by atoms with E-state index in [1.54, 1.807) is 61.5 Å². The van der Waals surface area contributed by atoms with Crippen LogP contribution in [0.4, 0.5) is 11.4 Å². The third-order valence-corrected chi connectivity index (χ3v) is 4.79. The molecule has 2 aromatic carbocycles. The third kappa shape index (κ3) is 5.86. The lowest BCUT2D eigenvalue weighted by Gasteiger charge is -2.06. The van der Waals surface area contributed by atoms with Gasteiger partial charge in [-0.25, -0.2) is 8.42 Å². The normalized spacial score (nSPS) is 11.3. The summed E-state index contributed by atoms with van der Waals surface area (Å²) < 4.78 is 25.5. The summed E-state index contributed by atoms with van der Waals surface area (Å²) in [5.74, 6) is -0.356. The molecule has 6 nitrogen and oxygen atoms in total. The Morgan fingerprint density at radius 3 is 2.08 bits per heavy atom. The van der Waals surface area contributed by atoms with Crippen molar-refractivity contribution in [3.63, 3.8) is 0 Å². The Balaban J connectivity index is 2.02. The fraction of sp³-hybridized carbons (Fsp3) is 0.158. The molecule has 2 N–H and O–H groups in total. The van der Waals surface area contributed by atoms with Crippen LogP contribution in [0.2, 0.25) is 0 Å². The Morgan fingerprint density at radius 1 is 0.962 bits per heavy atom. The molecule has 0 unspecified atom stereocenters. The van der Waals surface area contributed by atoms with E-state index in [-0.39, 0.29) is 17.4 Å². The summed E-state index contributed by atoms with van der Waals surface area (Å²) in [6, 6.07) is 13.3. The second-order valence-electron chi connectivity index (χ2n) is 5.58. The summed E-state index contributed by atoms with van der Waals surface area (Å²) in [5.41, 5.74) is 2.38. The highest BCUT2D eigenvalue weighted by molar-refractivity contribution is 7.92. The van der Waals surface area contributed by atoms with Gasteiger partial charge in [-0.15, -0.1) is 0 Å². The number of anilines is 2. The molecule has 7 heteroatoms. The Hall–Kier alpha value is -2.93. The Bertz CT molecular complexity index is 915. The number of benzene rings is 2. The van der Waals surface area contributed by atoms with Crippen LogP contribution in [0.1, 0.15) is 29.8 Å². The summed E-state index contributed by atoms with van der Waals surface area (Å²) in [6.45, 7) is 2.98. The third-order valence-electron chi connectivity index (χ3n) is 3.48.